The topological polar surface area (TPSA) is 102 Å². The average molecular weight is 441 g/mol. The predicted octanol–water partition coefficient (Wildman–Crippen LogP) is 5.24. The first-order valence-electron chi connectivity index (χ1n) is 10.4. The molecule has 33 heavy (non-hydrogen) atoms. The first-order valence-corrected chi connectivity index (χ1v) is 10.4. The van der Waals surface area contributed by atoms with Crippen LogP contribution < -0.4 is 16.1 Å². The highest BCUT2D eigenvalue weighted by atomic mass is 19.1. The van der Waals surface area contributed by atoms with Crippen molar-refractivity contribution >= 4 is 11.0 Å². The fourth-order valence-electron chi connectivity index (χ4n) is 3.83. The fourth-order valence-corrected chi connectivity index (χ4v) is 3.83. The van der Waals surface area contributed by atoms with Crippen molar-refractivity contribution in [2.24, 2.45) is 5.73 Å². The van der Waals surface area contributed by atoms with E-state index in [9.17, 15) is 14.4 Å². The molecule has 1 unspecified atom stereocenters. The van der Waals surface area contributed by atoms with Gasteiger partial charge in [-0.2, -0.15) is 5.26 Å². The molecule has 5 rings (SSSR count). The maximum atomic E-state index is 13.9. The van der Waals surface area contributed by atoms with Crippen LogP contribution in [0.3, 0.4) is 0 Å². The number of fused-ring (bicyclic) bond motifs is 3. The summed E-state index contributed by atoms with van der Waals surface area (Å²) in [5.41, 5.74) is 8.23. The molecule has 0 amide bonds. The number of nitrogens with two attached hydrogens (primary N) is 1. The van der Waals surface area contributed by atoms with Gasteiger partial charge in [-0.05, 0) is 41.0 Å². The van der Waals surface area contributed by atoms with Crippen molar-refractivity contribution in [1.29, 1.82) is 5.26 Å². The largest absolute Gasteiger partial charge is 0.439 e. The minimum atomic E-state index is -0.805. The number of benzene rings is 2. The van der Waals surface area contributed by atoms with E-state index in [1.165, 1.54) is 18.2 Å². The standard InChI is InChI=1S/C24H14FN3O3.C2H6/c25-16-7-8-19-17(10-16)22-21(24(29)30-19)20(18(11-26)23(27)31-22)14-5-3-13(4-6-14)15-2-1-9-28-12-15;1-2/h1-10,12,20H,27H2;1-2H3. The molecule has 0 bridgehead atoms. The minimum absolute atomic E-state index is 0.0877. The van der Waals surface area contributed by atoms with E-state index in [1.807, 2.05) is 56.3 Å². The Bertz CT molecular complexity index is 1450. The van der Waals surface area contributed by atoms with Crippen LogP contribution in [0.1, 0.15) is 30.9 Å². The number of pyridine rings is 1. The maximum absolute atomic E-state index is 13.9. The molecule has 1 atom stereocenters. The van der Waals surface area contributed by atoms with Crippen molar-refractivity contribution in [3.05, 3.63) is 106 Å². The second-order valence-corrected chi connectivity index (χ2v) is 7.06. The van der Waals surface area contributed by atoms with Gasteiger partial charge in [-0.15, -0.1) is 0 Å². The quantitative estimate of drug-likeness (QED) is 0.427. The van der Waals surface area contributed by atoms with Gasteiger partial charge in [0, 0.05) is 12.4 Å². The van der Waals surface area contributed by atoms with Crippen LogP contribution in [0.4, 0.5) is 4.39 Å². The lowest BCUT2D eigenvalue weighted by Gasteiger charge is -2.26. The van der Waals surface area contributed by atoms with E-state index in [0.29, 0.717) is 5.56 Å². The fraction of sp³-hybridized carbons (Fsp3) is 0.115. The third-order valence-electron chi connectivity index (χ3n) is 5.27. The Morgan fingerprint density at radius 1 is 1.09 bits per heavy atom. The van der Waals surface area contributed by atoms with Gasteiger partial charge in [0.1, 0.15) is 23.0 Å². The molecule has 0 saturated heterocycles. The van der Waals surface area contributed by atoms with Crippen LogP contribution in [0.5, 0.6) is 5.75 Å². The Morgan fingerprint density at radius 3 is 2.52 bits per heavy atom. The number of nitrogens with zero attached hydrogens (tertiary/aromatic N) is 2. The highest BCUT2D eigenvalue weighted by Crippen LogP contribution is 2.43. The summed E-state index contributed by atoms with van der Waals surface area (Å²) in [6.07, 6.45) is 3.43. The van der Waals surface area contributed by atoms with E-state index in [1.54, 1.807) is 12.4 Å². The molecule has 2 N–H and O–H groups in total. The summed E-state index contributed by atoms with van der Waals surface area (Å²) in [5.74, 6) is -1.35. The van der Waals surface area contributed by atoms with Gasteiger partial charge < -0.3 is 14.9 Å². The summed E-state index contributed by atoms with van der Waals surface area (Å²) >= 11 is 0. The van der Waals surface area contributed by atoms with E-state index in [4.69, 9.17) is 14.9 Å². The lowest BCUT2D eigenvalue weighted by atomic mass is 9.83. The Morgan fingerprint density at radius 2 is 1.85 bits per heavy atom. The lowest BCUT2D eigenvalue weighted by Crippen LogP contribution is -2.26. The number of aromatic nitrogens is 1. The summed E-state index contributed by atoms with van der Waals surface area (Å²) in [5, 5.41) is 10.0. The van der Waals surface area contributed by atoms with Crippen LogP contribution in [0, 0.1) is 17.1 Å². The second kappa shape index (κ2) is 8.97. The third-order valence-corrected chi connectivity index (χ3v) is 5.27. The van der Waals surface area contributed by atoms with Crippen molar-refractivity contribution in [2.75, 3.05) is 0 Å². The molecule has 0 fully saturated rings. The van der Waals surface area contributed by atoms with Gasteiger partial charge in [0.2, 0.25) is 5.88 Å². The molecule has 7 heteroatoms. The first-order chi connectivity index (χ1) is 16.1. The van der Waals surface area contributed by atoms with Crippen molar-refractivity contribution in [1.82, 2.24) is 4.98 Å². The molecule has 2 aromatic carbocycles. The zero-order valence-electron chi connectivity index (χ0n) is 18.0. The molecular formula is C26H20FN3O3. The van der Waals surface area contributed by atoms with Gasteiger partial charge in [0.05, 0.1) is 16.9 Å². The molecule has 0 aliphatic carbocycles. The zero-order chi connectivity index (χ0) is 23.5. The van der Waals surface area contributed by atoms with E-state index in [2.05, 4.69) is 4.98 Å². The predicted molar refractivity (Wildman–Crippen MR) is 123 cm³/mol. The molecule has 3 heterocycles. The summed E-state index contributed by atoms with van der Waals surface area (Å²) in [4.78, 5) is 17.0. The smallest absolute Gasteiger partial charge is 0.344 e. The Hall–Kier alpha value is -4.44. The molecule has 0 saturated carbocycles. The summed E-state index contributed by atoms with van der Waals surface area (Å²) < 4.78 is 24.9. The molecule has 0 spiro atoms. The number of hydrogen-bond donors (Lipinski definition) is 1. The van der Waals surface area contributed by atoms with E-state index in [0.717, 1.165) is 11.1 Å². The normalized spacial score (nSPS) is 14.5. The number of rotatable bonds is 2. The Labute approximate surface area is 189 Å². The highest BCUT2D eigenvalue weighted by Gasteiger charge is 2.35. The van der Waals surface area contributed by atoms with Crippen LogP contribution in [0.2, 0.25) is 0 Å². The van der Waals surface area contributed by atoms with Gasteiger partial charge in [0.15, 0.2) is 5.75 Å². The molecule has 1 aliphatic rings. The monoisotopic (exact) mass is 441 g/mol. The Balaban J connectivity index is 0.00000126. The molecule has 2 aromatic heterocycles. The number of ether oxygens (including phenoxy) is 1. The van der Waals surface area contributed by atoms with E-state index < -0.39 is 17.4 Å². The van der Waals surface area contributed by atoms with Crippen LogP contribution in [0.25, 0.3) is 22.1 Å². The average Bonchev–Trinajstić information content (AvgIpc) is 2.86. The van der Waals surface area contributed by atoms with Gasteiger partial charge in [-0.1, -0.05) is 44.2 Å². The minimum Gasteiger partial charge on any atom is -0.439 e. The van der Waals surface area contributed by atoms with Crippen LogP contribution in [-0.4, -0.2) is 4.98 Å². The van der Waals surface area contributed by atoms with Crippen molar-refractivity contribution in [3.8, 4) is 22.9 Å². The molecule has 6 nitrogen and oxygen atoms in total. The van der Waals surface area contributed by atoms with Gasteiger partial charge >= 0.3 is 5.63 Å². The summed E-state index contributed by atoms with van der Waals surface area (Å²) in [7, 11) is 0. The molecule has 164 valence electrons. The molecule has 4 aromatic rings. The molecule has 0 radical (unpaired) electrons. The van der Waals surface area contributed by atoms with Crippen molar-refractivity contribution < 1.29 is 13.5 Å². The highest BCUT2D eigenvalue weighted by molar-refractivity contribution is 5.86. The van der Waals surface area contributed by atoms with Gasteiger partial charge in [-0.25, -0.2) is 9.18 Å². The Kier molecular flexibility index (Phi) is 5.92. The zero-order valence-corrected chi connectivity index (χ0v) is 18.0. The van der Waals surface area contributed by atoms with Gasteiger partial charge in [-0.3, -0.25) is 4.98 Å². The third kappa shape index (κ3) is 3.83. The van der Waals surface area contributed by atoms with Crippen LogP contribution in [-0.2, 0) is 0 Å². The second-order valence-electron chi connectivity index (χ2n) is 7.06. The van der Waals surface area contributed by atoms with Crippen molar-refractivity contribution in [3.63, 3.8) is 0 Å². The van der Waals surface area contributed by atoms with Crippen LogP contribution >= 0.6 is 0 Å². The summed E-state index contributed by atoms with van der Waals surface area (Å²) in [6.45, 7) is 4.00. The van der Waals surface area contributed by atoms with Crippen LogP contribution in [0.15, 0.2) is 87.7 Å². The maximum Gasteiger partial charge on any atom is 0.344 e. The number of nitriles is 1. The number of hydrogen-bond acceptors (Lipinski definition) is 6. The number of halogens is 1. The van der Waals surface area contributed by atoms with E-state index >= 15 is 0 Å². The molecular weight excluding hydrogens is 421 g/mol. The molecule has 1 aliphatic heterocycles. The number of allylic oxidation sites excluding steroid dienone is 1. The van der Waals surface area contributed by atoms with Gasteiger partial charge in [0.25, 0.3) is 0 Å². The SMILES string of the molecule is CC.N#CC1=C(N)Oc2c(c(=O)oc3ccc(F)cc23)C1c1ccc(-c2cccnc2)cc1. The lowest BCUT2D eigenvalue weighted by molar-refractivity contribution is 0.388. The van der Waals surface area contributed by atoms with E-state index in [-0.39, 0.29) is 33.7 Å². The first kappa shape index (κ1) is 21.8. The van der Waals surface area contributed by atoms with Crippen molar-refractivity contribution in [2.45, 2.75) is 19.8 Å². The summed E-state index contributed by atoms with van der Waals surface area (Å²) in [6, 6.07) is 16.9.